The van der Waals surface area contributed by atoms with Crippen LogP contribution in [0.15, 0.2) is 24.3 Å². The van der Waals surface area contributed by atoms with Crippen LogP contribution in [0, 0.1) is 5.82 Å². The summed E-state index contributed by atoms with van der Waals surface area (Å²) in [6, 6.07) is 6.30. The van der Waals surface area contributed by atoms with Crippen LogP contribution in [0.3, 0.4) is 0 Å². The van der Waals surface area contributed by atoms with Crippen LogP contribution in [0.1, 0.15) is 26.3 Å². The number of rotatable bonds is 6. The van der Waals surface area contributed by atoms with Crippen molar-refractivity contribution < 1.29 is 13.9 Å². The zero-order valence-electron chi connectivity index (χ0n) is 13.7. The summed E-state index contributed by atoms with van der Waals surface area (Å²) in [5, 5.41) is 2.72. The molecule has 124 valence electrons. The predicted octanol–water partition coefficient (Wildman–Crippen LogP) is 2.11. The van der Waals surface area contributed by atoms with Crippen LogP contribution in [0.4, 0.5) is 9.18 Å². The molecule has 0 fully saturated rings. The van der Waals surface area contributed by atoms with E-state index in [-0.39, 0.29) is 11.9 Å². The summed E-state index contributed by atoms with van der Waals surface area (Å²) in [6.45, 7) is 6.85. The molecular weight excluding hydrogens is 285 g/mol. The fraction of sp³-hybridized carbons (Fsp3) is 0.562. The number of halogens is 1. The summed E-state index contributed by atoms with van der Waals surface area (Å²) in [7, 11) is 1.91. The second kappa shape index (κ2) is 8.10. The van der Waals surface area contributed by atoms with Gasteiger partial charge in [0, 0.05) is 25.7 Å². The second-order valence-corrected chi connectivity index (χ2v) is 6.31. The lowest BCUT2D eigenvalue weighted by atomic mass is 10.1. The van der Waals surface area contributed by atoms with Gasteiger partial charge >= 0.3 is 6.09 Å². The Morgan fingerprint density at radius 3 is 2.45 bits per heavy atom. The minimum atomic E-state index is -0.525. The normalized spacial score (nSPS) is 13.0. The number of amides is 1. The Labute approximate surface area is 131 Å². The highest BCUT2D eigenvalue weighted by Crippen LogP contribution is 2.09. The molecule has 0 aliphatic carbocycles. The Balaban J connectivity index is 2.49. The number of hydrogen-bond acceptors (Lipinski definition) is 4. The van der Waals surface area contributed by atoms with Crippen molar-refractivity contribution in [3.05, 3.63) is 35.6 Å². The van der Waals surface area contributed by atoms with Crippen LogP contribution in [0.5, 0.6) is 0 Å². The van der Waals surface area contributed by atoms with Crippen LogP contribution in [-0.2, 0) is 11.3 Å². The number of nitrogens with two attached hydrogens (primary N) is 1. The van der Waals surface area contributed by atoms with Gasteiger partial charge in [-0.05, 0) is 45.5 Å². The molecule has 0 bridgehead atoms. The van der Waals surface area contributed by atoms with Gasteiger partial charge in [-0.25, -0.2) is 9.18 Å². The van der Waals surface area contributed by atoms with Gasteiger partial charge in [0.1, 0.15) is 11.4 Å². The molecule has 3 N–H and O–H groups in total. The molecule has 6 heteroatoms. The molecule has 0 saturated carbocycles. The summed E-state index contributed by atoms with van der Waals surface area (Å²) in [5.74, 6) is -0.256. The Morgan fingerprint density at radius 2 is 1.95 bits per heavy atom. The van der Waals surface area contributed by atoms with Gasteiger partial charge in [0.2, 0.25) is 0 Å². The Bertz CT molecular complexity index is 471. The SMILES string of the molecule is CN(Cc1ccc(F)cc1)C(CN)CNC(=O)OC(C)(C)C. The van der Waals surface area contributed by atoms with E-state index in [0.717, 1.165) is 5.56 Å². The van der Waals surface area contributed by atoms with Crippen LogP contribution in [0.25, 0.3) is 0 Å². The zero-order chi connectivity index (χ0) is 16.8. The Morgan fingerprint density at radius 1 is 1.36 bits per heavy atom. The first-order chi connectivity index (χ1) is 10.2. The standard InChI is InChI=1S/C16H26FN3O2/c1-16(2,3)22-15(21)19-10-14(9-18)20(4)11-12-5-7-13(17)8-6-12/h5-8,14H,9-11,18H2,1-4H3,(H,19,21). The number of carbonyl (C=O) groups excluding carboxylic acids is 1. The molecule has 0 saturated heterocycles. The number of nitrogens with one attached hydrogen (secondary N) is 1. The molecule has 0 radical (unpaired) electrons. The quantitative estimate of drug-likeness (QED) is 0.844. The highest BCUT2D eigenvalue weighted by atomic mass is 19.1. The summed E-state index contributed by atoms with van der Waals surface area (Å²) in [5.41, 5.74) is 6.23. The smallest absolute Gasteiger partial charge is 0.407 e. The number of benzene rings is 1. The molecule has 0 spiro atoms. The molecule has 0 heterocycles. The van der Waals surface area contributed by atoms with Crippen LogP contribution < -0.4 is 11.1 Å². The molecule has 22 heavy (non-hydrogen) atoms. The number of carbonyl (C=O) groups is 1. The fourth-order valence-corrected chi connectivity index (χ4v) is 1.94. The van der Waals surface area contributed by atoms with E-state index in [1.54, 1.807) is 12.1 Å². The average Bonchev–Trinajstić information content (AvgIpc) is 2.40. The van der Waals surface area contributed by atoms with Gasteiger partial charge < -0.3 is 15.8 Å². The first-order valence-corrected chi connectivity index (χ1v) is 7.33. The molecule has 1 rings (SSSR count). The van der Waals surface area contributed by atoms with Crippen molar-refractivity contribution in [2.75, 3.05) is 20.1 Å². The molecule has 0 aliphatic heterocycles. The second-order valence-electron chi connectivity index (χ2n) is 6.31. The predicted molar refractivity (Wildman–Crippen MR) is 84.9 cm³/mol. The van der Waals surface area contributed by atoms with Crippen LogP contribution in [-0.4, -0.2) is 42.8 Å². The van der Waals surface area contributed by atoms with Gasteiger partial charge in [-0.15, -0.1) is 0 Å². The van der Waals surface area contributed by atoms with E-state index in [4.69, 9.17) is 10.5 Å². The lowest BCUT2D eigenvalue weighted by Gasteiger charge is -2.28. The van der Waals surface area contributed by atoms with Crippen LogP contribution in [0.2, 0.25) is 0 Å². The number of hydrogen-bond donors (Lipinski definition) is 2. The van der Waals surface area contributed by atoms with E-state index >= 15 is 0 Å². The monoisotopic (exact) mass is 311 g/mol. The van der Waals surface area contributed by atoms with Crippen molar-refractivity contribution in [2.24, 2.45) is 5.73 Å². The van der Waals surface area contributed by atoms with E-state index < -0.39 is 11.7 Å². The van der Waals surface area contributed by atoms with Crippen LogP contribution >= 0.6 is 0 Å². The molecule has 1 aromatic rings. The minimum absolute atomic E-state index is 0.0300. The third-order valence-electron chi connectivity index (χ3n) is 3.12. The third kappa shape index (κ3) is 6.87. The molecule has 0 aromatic heterocycles. The van der Waals surface area contributed by atoms with E-state index in [9.17, 15) is 9.18 Å². The summed E-state index contributed by atoms with van der Waals surface area (Å²) in [4.78, 5) is 13.7. The van der Waals surface area contributed by atoms with E-state index in [2.05, 4.69) is 5.32 Å². The maximum Gasteiger partial charge on any atom is 0.407 e. The highest BCUT2D eigenvalue weighted by Gasteiger charge is 2.19. The number of alkyl carbamates (subject to hydrolysis) is 1. The van der Waals surface area contributed by atoms with Crippen molar-refractivity contribution in [1.29, 1.82) is 0 Å². The molecule has 1 atom stereocenters. The van der Waals surface area contributed by atoms with E-state index in [1.165, 1.54) is 12.1 Å². The van der Waals surface area contributed by atoms with Crippen molar-refractivity contribution in [3.8, 4) is 0 Å². The van der Waals surface area contributed by atoms with Crippen molar-refractivity contribution in [3.63, 3.8) is 0 Å². The first kappa shape index (κ1) is 18.4. The molecule has 1 amide bonds. The van der Waals surface area contributed by atoms with Gasteiger partial charge in [0.05, 0.1) is 0 Å². The average molecular weight is 311 g/mol. The zero-order valence-corrected chi connectivity index (χ0v) is 13.7. The van der Waals surface area contributed by atoms with Crippen molar-refractivity contribution in [1.82, 2.24) is 10.2 Å². The molecule has 5 nitrogen and oxygen atoms in total. The van der Waals surface area contributed by atoms with E-state index in [0.29, 0.717) is 19.6 Å². The van der Waals surface area contributed by atoms with Crippen molar-refractivity contribution in [2.45, 2.75) is 39.0 Å². The lowest BCUT2D eigenvalue weighted by Crippen LogP contribution is -2.47. The van der Waals surface area contributed by atoms with Gasteiger partial charge in [0.15, 0.2) is 0 Å². The topological polar surface area (TPSA) is 67.6 Å². The Kier molecular flexibility index (Phi) is 6.77. The van der Waals surface area contributed by atoms with Gasteiger partial charge in [-0.2, -0.15) is 0 Å². The summed E-state index contributed by atoms with van der Waals surface area (Å²) < 4.78 is 18.1. The lowest BCUT2D eigenvalue weighted by molar-refractivity contribution is 0.0511. The number of likely N-dealkylation sites (N-methyl/N-ethyl adjacent to an activating group) is 1. The molecule has 0 aliphatic rings. The van der Waals surface area contributed by atoms with Gasteiger partial charge in [-0.1, -0.05) is 12.1 Å². The fourth-order valence-electron chi connectivity index (χ4n) is 1.94. The summed E-state index contributed by atoms with van der Waals surface area (Å²) >= 11 is 0. The maximum atomic E-state index is 12.9. The molecule has 1 aromatic carbocycles. The maximum absolute atomic E-state index is 12.9. The van der Waals surface area contributed by atoms with Crippen molar-refractivity contribution >= 4 is 6.09 Å². The molecule has 1 unspecified atom stereocenters. The Hall–Kier alpha value is -1.66. The number of ether oxygens (including phenoxy) is 1. The number of nitrogens with zero attached hydrogens (tertiary/aromatic N) is 1. The van der Waals surface area contributed by atoms with Gasteiger partial charge in [-0.3, -0.25) is 4.90 Å². The first-order valence-electron chi connectivity index (χ1n) is 7.33. The minimum Gasteiger partial charge on any atom is -0.444 e. The van der Waals surface area contributed by atoms with E-state index in [1.807, 2.05) is 32.7 Å². The summed E-state index contributed by atoms with van der Waals surface area (Å²) in [6.07, 6.45) is -0.457. The molecular formula is C16H26FN3O2. The highest BCUT2D eigenvalue weighted by molar-refractivity contribution is 5.67. The largest absolute Gasteiger partial charge is 0.444 e. The van der Waals surface area contributed by atoms with Gasteiger partial charge in [0.25, 0.3) is 0 Å². The third-order valence-corrected chi connectivity index (χ3v) is 3.12.